The van der Waals surface area contributed by atoms with E-state index in [0.717, 1.165) is 60.0 Å². The Balaban J connectivity index is 1.29. The van der Waals surface area contributed by atoms with Crippen LogP contribution in [0.15, 0.2) is 132 Å². The molecule has 0 atom stereocenters. The number of hydrogen-bond donors (Lipinski definition) is 9. The molecule has 11 aromatic rings. The third-order valence-corrected chi connectivity index (χ3v) is 11.8. The van der Waals surface area contributed by atoms with Crippen LogP contribution in [-0.2, 0) is 0 Å². The summed E-state index contributed by atoms with van der Waals surface area (Å²) in [5.74, 6) is -8.88. The fourth-order valence-corrected chi connectivity index (χ4v) is 9.18. The van der Waals surface area contributed by atoms with Gasteiger partial charge in [0.25, 0.3) is 0 Å². The number of phenolic OH excluding ortho intramolecular Hbond substituents is 9. The number of phenols is 9. The number of benzene rings is 10. The van der Waals surface area contributed by atoms with Crippen molar-refractivity contribution in [2.24, 2.45) is 0 Å². The van der Waals surface area contributed by atoms with Crippen LogP contribution in [0.5, 0.6) is 51.7 Å². The first kappa shape index (κ1) is 34.7. The molecule has 1 aromatic heterocycles. The van der Waals surface area contributed by atoms with Crippen LogP contribution < -0.4 is 0 Å². The Kier molecular flexibility index (Phi) is 7.09. The van der Waals surface area contributed by atoms with E-state index in [9.17, 15) is 46.0 Å². The lowest BCUT2D eigenvalue weighted by molar-refractivity contribution is 0.349. The maximum atomic E-state index is 11.9. The summed E-state index contributed by atoms with van der Waals surface area (Å²) in [6, 6.07) is 42.1. The minimum absolute atomic E-state index is 0.112. The molecule has 0 aliphatic heterocycles. The minimum Gasteiger partial charge on any atom is -0.506 e. The number of furan rings is 1. The van der Waals surface area contributed by atoms with Gasteiger partial charge in [-0.3, -0.25) is 0 Å². The Hall–Kier alpha value is -8.50. The van der Waals surface area contributed by atoms with Crippen LogP contribution in [-0.4, -0.2) is 46.0 Å². The summed E-state index contributed by atoms with van der Waals surface area (Å²) in [7, 11) is 0. The van der Waals surface area contributed by atoms with Gasteiger partial charge in [0.15, 0.2) is 34.2 Å². The lowest BCUT2D eigenvalue weighted by Crippen LogP contribution is -1.93. The van der Waals surface area contributed by atoms with Gasteiger partial charge in [-0.25, -0.2) is 0 Å². The molecule has 0 unspecified atom stereocenters. The van der Waals surface area contributed by atoms with E-state index in [1.807, 2.05) is 60.7 Å². The number of hydrogen-bond acceptors (Lipinski definition) is 10. The van der Waals surface area contributed by atoms with Gasteiger partial charge < -0.3 is 50.4 Å². The summed E-state index contributed by atoms with van der Waals surface area (Å²) < 4.78 is 5.92. The highest BCUT2D eigenvalue weighted by Gasteiger charge is 2.33. The van der Waals surface area contributed by atoms with Crippen molar-refractivity contribution in [3.63, 3.8) is 0 Å². The number of aromatic hydroxyl groups is 9. The molecule has 0 fully saturated rings. The van der Waals surface area contributed by atoms with Crippen LogP contribution in [0.2, 0.25) is 0 Å². The molecule has 9 N–H and O–H groups in total. The standard InChI is InChI=1S/C50H30O10/c51-40-37-38(43(54)46(57)45(56)42(37)53)44(55)50-39(40)36-35(41(52)47(58)48(59)49(36)60-50)31-18-8-12-23-11-7-17-30(32(23)31)34-28-15-5-3-13-26(28)33(27-14-4-6-16-29(27)34)25-20-19-22-9-1-2-10-24(22)21-25/h1-21,51-59H. The van der Waals surface area contributed by atoms with Crippen LogP contribution in [0.25, 0.3) is 109 Å². The molecule has 0 amide bonds. The van der Waals surface area contributed by atoms with Crippen LogP contribution in [0.3, 0.4) is 0 Å². The average Bonchev–Trinajstić information content (AvgIpc) is 3.68. The SMILES string of the molecule is Oc1c(O)c(-c2cccc3cccc(-c4c5ccccc5c(-c5ccc6ccccc6c5)c5ccccc45)c23)c2c(oc3c(O)c4c(O)c(O)c(O)c(O)c4c(O)c32)c1O. The van der Waals surface area contributed by atoms with Crippen molar-refractivity contribution in [3.8, 4) is 85.1 Å². The van der Waals surface area contributed by atoms with E-state index in [1.165, 1.54) is 0 Å². The fourth-order valence-electron chi connectivity index (χ4n) is 9.18. The molecule has 0 aliphatic rings. The number of rotatable bonds is 3. The zero-order chi connectivity index (χ0) is 41.3. The van der Waals surface area contributed by atoms with Crippen molar-refractivity contribution in [2.45, 2.75) is 0 Å². The fraction of sp³-hybridized carbons (Fsp3) is 0. The molecule has 0 radical (unpaired) electrons. The van der Waals surface area contributed by atoms with E-state index >= 15 is 0 Å². The molecule has 11 rings (SSSR count). The van der Waals surface area contributed by atoms with Gasteiger partial charge in [0.2, 0.25) is 23.0 Å². The van der Waals surface area contributed by atoms with Crippen molar-refractivity contribution in [2.75, 3.05) is 0 Å². The highest BCUT2D eigenvalue weighted by molar-refractivity contribution is 6.29. The van der Waals surface area contributed by atoms with Gasteiger partial charge in [0.1, 0.15) is 5.75 Å². The predicted octanol–water partition coefficient (Wildman–Crippen LogP) is 11.7. The highest BCUT2D eigenvalue weighted by Crippen LogP contribution is 2.61. The van der Waals surface area contributed by atoms with Gasteiger partial charge in [-0.1, -0.05) is 121 Å². The second-order valence-electron chi connectivity index (χ2n) is 14.9. The molecule has 0 bridgehead atoms. The van der Waals surface area contributed by atoms with Crippen LogP contribution in [0.1, 0.15) is 0 Å². The Morgan fingerprint density at radius 1 is 0.283 bits per heavy atom. The first-order chi connectivity index (χ1) is 29.1. The summed E-state index contributed by atoms with van der Waals surface area (Å²) in [6.45, 7) is 0. The van der Waals surface area contributed by atoms with Crippen molar-refractivity contribution in [1.82, 2.24) is 0 Å². The second-order valence-corrected chi connectivity index (χ2v) is 14.9. The monoisotopic (exact) mass is 790 g/mol. The van der Waals surface area contributed by atoms with Crippen LogP contribution in [0.4, 0.5) is 0 Å². The molecule has 10 nitrogen and oxygen atoms in total. The molecule has 10 heteroatoms. The molecule has 0 aliphatic carbocycles. The van der Waals surface area contributed by atoms with E-state index in [0.29, 0.717) is 10.9 Å². The smallest absolute Gasteiger partial charge is 0.205 e. The highest BCUT2D eigenvalue weighted by atomic mass is 16.4. The zero-order valence-electron chi connectivity index (χ0n) is 31.1. The van der Waals surface area contributed by atoms with E-state index in [-0.39, 0.29) is 16.3 Å². The second kappa shape index (κ2) is 12.3. The lowest BCUT2D eigenvalue weighted by atomic mass is 9.82. The molecular formula is C50H30O10. The van der Waals surface area contributed by atoms with Gasteiger partial charge in [0.05, 0.1) is 16.2 Å². The van der Waals surface area contributed by atoms with Gasteiger partial charge in [-0.05, 0) is 77.0 Å². The minimum atomic E-state index is -1.17. The first-order valence-electron chi connectivity index (χ1n) is 18.9. The first-order valence-corrected chi connectivity index (χ1v) is 18.9. The zero-order valence-corrected chi connectivity index (χ0v) is 31.1. The lowest BCUT2D eigenvalue weighted by Gasteiger charge is -2.20. The van der Waals surface area contributed by atoms with Crippen molar-refractivity contribution in [3.05, 3.63) is 127 Å². The Labute approximate surface area is 337 Å². The molecule has 0 spiro atoms. The van der Waals surface area contributed by atoms with Gasteiger partial charge >= 0.3 is 0 Å². The molecule has 290 valence electrons. The summed E-state index contributed by atoms with van der Waals surface area (Å²) in [5, 5.41) is 106. The maximum absolute atomic E-state index is 11.9. The van der Waals surface area contributed by atoms with Crippen molar-refractivity contribution >= 4 is 75.8 Å². The van der Waals surface area contributed by atoms with E-state index in [1.54, 1.807) is 12.1 Å². The third kappa shape index (κ3) is 4.46. The average molecular weight is 791 g/mol. The maximum Gasteiger partial charge on any atom is 0.205 e. The third-order valence-electron chi connectivity index (χ3n) is 11.8. The molecule has 1 heterocycles. The quantitative estimate of drug-likeness (QED) is 0.0472. The molecule has 0 saturated carbocycles. The van der Waals surface area contributed by atoms with E-state index in [2.05, 4.69) is 54.6 Å². The number of fused-ring (bicyclic) bond motifs is 8. The Morgan fingerprint density at radius 2 is 0.767 bits per heavy atom. The molecule has 10 aromatic carbocycles. The predicted molar refractivity (Wildman–Crippen MR) is 233 cm³/mol. The van der Waals surface area contributed by atoms with Crippen molar-refractivity contribution in [1.29, 1.82) is 0 Å². The van der Waals surface area contributed by atoms with E-state index in [4.69, 9.17) is 4.42 Å². The van der Waals surface area contributed by atoms with Crippen molar-refractivity contribution < 1.29 is 50.4 Å². The normalized spacial score (nSPS) is 11.9. The summed E-state index contributed by atoms with van der Waals surface area (Å²) in [4.78, 5) is 0. The van der Waals surface area contributed by atoms with Gasteiger partial charge in [-0.2, -0.15) is 0 Å². The molecule has 60 heavy (non-hydrogen) atoms. The largest absolute Gasteiger partial charge is 0.506 e. The van der Waals surface area contributed by atoms with Crippen LogP contribution >= 0.6 is 0 Å². The Morgan fingerprint density at radius 3 is 1.38 bits per heavy atom. The van der Waals surface area contributed by atoms with Crippen LogP contribution in [0, 0.1) is 0 Å². The summed E-state index contributed by atoms with van der Waals surface area (Å²) in [6.07, 6.45) is 0. The summed E-state index contributed by atoms with van der Waals surface area (Å²) >= 11 is 0. The van der Waals surface area contributed by atoms with E-state index < -0.39 is 73.7 Å². The van der Waals surface area contributed by atoms with Gasteiger partial charge in [-0.15, -0.1) is 0 Å². The topological polar surface area (TPSA) is 195 Å². The van der Waals surface area contributed by atoms with Gasteiger partial charge in [0, 0.05) is 10.9 Å². The Bertz CT molecular complexity index is 3650. The summed E-state index contributed by atoms with van der Waals surface area (Å²) in [5.41, 5.74) is 2.94. The molecular weight excluding hydrogens is 761 g/mol. The molecule has 0 saturated heterocycles.